The zero-order chi connectivity index (χ0) is 11.7. The lowest BCUT2D eigenvalue weighted by Crippen LogP contribution is -2.14. The topological polar surface area (TPSA) is 43.8 Å². The molecule has 0 radical (unpaired) electrons. The highest BCUT2D eigenvalue weighted by Gasteiger charge is 2.09. The van der Waals surface area contributed by atoms with Gasteiger partial charge in [-0.1, -0.05) is 24.4 Å². The van der Waals surface area contributed by atoms with Crippen LogP contribution in [0.1, 0.15) is 17.0 Å². The fourth-order valence-corrected chi connectivity index (χ4v) is 1.91. The Morgan fingerprint density at radius 1 is 1.31 bits per heavy atom. The minimum atomic E-state index is 0.392. The van der Waals surface area contributed by atoms with Gasteiger partial charge in [-0.25, -0.2) is 4.68 Å². The maximum atomic E-state index is 5.70. The van der Waals surface area contributed by atoms with E-state index in [4.69, 9.17) is 18.0 Å². The average Bonchev–Trinajstić information content (AvgIpc) is 2.57. The van der Waals surface area contributed by atoms with Crippen LogP contribution in [-0.2, 0) is 0 Å². The zero-order valence-electron chi connectivity index (χ0n) is 9.27. The molecule has 0 saturated carbocycles. The summed E-state index contributed by atoms with van der Waals surface area (Å²) in [6.45, 7) is 3.98. The standard InChI is InChI=1S/C12H13N3S/c1-8-7-9(2)15(14-8)11-6-4-3-5-10(11)12(13)16/h3-7H,1-2H3,(H2,13,16). The van der Waals surface area contributed by atoms with E-state index in [1.165, 1.54) is 0 Å². The Bertz CT molecular complexity index is 543. The van der Waals surface area contributed by atoms with Gasteiger partial charge in [0.1, 0.15) is 4.99 Å². The third kappa shape index (κ3) is 1.84. The summed E-state index contributed by atoms with van der Waals surface area (Å²) in [5.74, 6) is 0. The van der Waals surface area contributed by atoms with Crippen LogP contribution in [0.2, 0.25) is 0 Å². The van der Waals surface area contributed by atoms with Gasteiger partial charge in [0.05, 0.1) is 11.4 Å². The first kappa shape index (κ1) is 10.8. The summed E-state index contributed by atoms with van der Waals surface area (Å²) in [4.78, 5) is 0.392. The highest BCUT2D eigenvalue weighted by Crippen LogP contribution is 2.16. The molecule has 82 valence electrons. The molecule has 4 heteroatoms. The number of rotatable bonds is 2. The van der Waals surface area contributed by atoms with Gasteiger partial charge >= 0.3 is 0 Å². The molecule has 0 atom stereocenters. The first-order valence-corrected chi connectivity index (χ1v) is 5.43. The van der Waals surface area contributed by atoms with E-state index >= 15 is 0 Å². The third-order valence-corrected chi connectivity index (χ3v) is 2.63. The normalized spacial score (nSPS) is 10.4. The molecule has 1 heterocycles. The molecule has 0 fully saturated rings. The highest BCUT2D eigenvalue weighted by atomic mass is 32.1. The number of aromatic nitrogens is 2. The third-order valence-electron chi connectivity index (χ3n) is 2.41. The van der Waals surface area contributed by atoms with Crippen molar-refractivity contribution in [3.05, 3.63) is 47.3 Å². The summed E-state index contributed by atoms with van der Waals surface area (Å²) in [7, 11) is 0. The minimum absolute atomic E-state index is 0.392. The molecule has 2 aromatic rings. The predicted octanol–water partition coefficient (Wildman–Crippen LogP) is 2.12. The number of hydrogen-bond acceptors (Lipinski definition) is 2. The summed E-state index contributed by atoms with van der Waals surface area (Å²) in [6, 6.07) is 9.77. The fraction of sp³-hybridized carbons (Fsp3) is 0.167. The van der Waals surface area contributed by atoms with Crippen molar-refractivity contribution in [2.45, 2.75) is 13.8 Å². The number of aryl methyl sites for hydroxylation is 2. The van der Waals surface area contributed by atoms with Gasteiger partial charge in [-0.15, -0.1) is 0 Å². The van der Waals surface area contributed by atoms with Crippen LogP contribution in [0.15, 0.2) is 30.3 Å². The second-order valence-corrected chi connectivity index (χ2v) is 4.16. The van der Waals surface area contributed by atoms with Gasteiger partial charge in [0.2, 0.25) is 0 Å². The fourth-order valence-electron chi connectivity index (χ4n) is 1.74. The molecule has 0 unspecified atom stereocenters. The summed E-state index contributed by atoms with van der Waals surface area (Å²) >= 11 is 5.04. The average molecular weight is 231 g/mol. The molecule has 0 spiro atoms. The van der Waals surface area contributed by atoms with Crippen molar-refractivity contribution in [3.63, 3.8) is 0 Å². The summed E-state index contributed by atoms with van der Waals surface area (Å²) in [5.41, 5.74) is 9.53. The Morgan fingerprint density at radius 2 is 2.00 bits per heavy atom. The molecule has 16 heavy (non-hydrogen) atoms. The summed E-state index contributed by atoms with van der Waals surface area (Å²) in [5, 5.41) is 4.42. The van der Waals surface area contributed by atoms with Crippen LogP contribution < -0.4 is 5.73 Å². The van der Waals surface area contributed by atoms with Crippen molar-refractivity contribution in [1.29, 1.82) is 0 Å². The quantitative estimate of drug-likeness (QED) is 0.805. The van der Waals surface area contributed by atoms with Gasteiger partial charge < -0.3 is 5.73 Å². The molecular weight excluding hydrogens is 218 g/mol. The molecule has 1 aromatic carbocycles. The monoisotopic (exact) mass is 231 g/mol. The molecular formula is C12H13N3S. The van der Waals surface area contributed by atoms with E-state index < -0.39 is 0 Å². The van der Waals surface area contributed by atoms with E-state index in [0.717, 1.165) is 22.6 Å². The number of nitrogens with two attached hydrogens (primary N) is 1. The lowest BCUT2D eigenvalue weighted by Gasteiger charge is -2.09. The Balaban J connectivity index is 2.64. The number of nitrogens with zero attached hydrogens (tertiary/aromatic N) is 2. The van der Waals surface area contributed by atoms with Gasteiger partial charge in [0, 0.05) is 11.3 Å². The molecule has 0 amide bonds. The van der Waals surface area contributed by atoms with Crippen molar-refractivity contribution in [3.8, 4) is 5.69 Å². The van der Waals surface area contributed by atoms with Crippen molar-refractivity contribution < 1.29 is 0 Å². The van der Waals surface area contributed by atoms with Crippen molar-refractivity contribution in [1.82, 2.24) is 9.78 Å². The van der Waals surface area contributed by atoms with E-state index in [2.05, 4.69) is 5.10 Å². The summed E-state index contributed by atoms with van der Waals surface area (Å²) < 4.78 is 1.86. The van der Waals surface area contributed by atoms with Gasteiger partial charge in [0.25, 0.3) is 0 Å². The lowest BCUT2D eigenvalue weighted by atomic mass is 10.2. The van der Waals surface area contributed by atoms with E-state index in [-0.39, 0.29) is 0 Å². The van der Waals surface area contributed by atoms with E-state index in [9.17, 15) is 0 Å². The Labute approximate surface area is 99.9 Å². The molecule has 2 rings (SSSR count). The molecule has 0 aliphatic heterocycles. The molecule has 0 aliphatic rings. The maximum absolute atomic E-state index is 5.70. The summed E-state index contributed by atoms with van der Waals surface area (Å²) in [6.07, 6.45) is 0. The second kappa shape index (κ2) is 4.06. The van der Waals surface area contributed by atoms with Crippen LogP contribution in [0, 0.1) is 13.8 Å². The number of para-hydroxylation sites is 1. The maximum Gasteiger partial charge on any atom is 0.106 e. The molecule has 3 nitrogen and oxygen atoms in total. The number of benzene rings is 1. The second-order valence-electron chi connectivity index (χ2n) is 3.72. The van der Waals surface area contributed by atoms with Crippen molar-refractivity contribution >= 4 is 17.2 Å². The zero-order valence-corrected chi connectivity index (χ0v) is 10.1. The van der Waals surface area contributed by atoms with Gasteiger partial charge in [-0.2, -0.15) is 5.10 Å². The van der Waals surface area contributed by atoms with E-state index in [1.807, 2.05) is 48.9 Å². The molecule has 0 saturated heterocycles. The van der Waals surface area contributed by atoms with Crippen molar-refractivity contribution in [2.75, 3.05) is 0 Å². The van der Waals surface area contributed by atoms with Crippen LogP contribution >= 0.6 is 12.2 Å². The Kier molecular flexibility index (Phi) is 2.75. The van der Waals surface area contributed by atoms with Crippen LogP contribution in [-0.4, -0.2) is 14.8 Å². The van der Waals surface area contributed by atoms with Crippen molar-refractivity contribution in [2.24, 2.45) is 5.73 Å². The first-order chi connectivity index (χ1) is 7.59. The largest absolute Gasteiger partial charge is 0.389 e. The molecule has 0 aliphatic carbocycles. The minimum Gasteiger partial charge on any atom is -0.389 e. The lowest BCUT2D eigenvalue weighted by molar-refractivity contribution is 0.832. The first-order valence-electron chi connectivity index (χ1n) is 5.02. The van der Waals surface area contributed by atoms with Crippen LogP contribution in [0.25, 0.3) is 5.69 Å². The number of thiocarbonyl (C=S) groups is 1. The molecule has 1 aromatic heterocycles. The van der Waals surface area contributed by atoms with Crippen LogP contribution in [0.5, 0.6) is 0 Å². The Morgan fingerprint density at radius 3 is 2.56 bits per heavy atom. The van der Waals surface area contributed by atoms with Crippen LogP contribution in [0.3, 0.4) is 0 Å². The smallest absolute Gasteiger partial charge is 0.106 e. The predicted molar refractivity (Wildman–Crippen MR) is 68.9 cm³/mol. The highest BCUT2D eigenvalue weighted by molar-refractivity contribution is 7.80. The van der Waals surface area contributed by atoms with Gasteiger partial charge in [-0.3, -0.25) is 0 Å². The van der Waals surface area contributed by atoms with Gasteiger partial charge in [0.15, 0.2) is 0 Å². The van der Waals surface area contributed by atoms with Gasteiger partial charge in [-0.05, 0) is 32.0 Å². The molecule has 0 bridgehead atoms. The SMILES string of the molecule is Cc1cc(C)n(-c2ccccc2C(N)=S)n1. The van der Waals surface area contributed by atoms with Crippen LogP contribution in [0.4, 0.5) is 0 Å². The Hall–Kier alpha value is -1.68. The molecule has 2 N–H and O–H groups in total. The number of hydrogen-bond donors (Lipinski definition) is 1. The van der Waals surface area contributed by atoms with E-state index in [1.54, 1.807) is 0 Å². The van der Waals surface area contributed by atoms with E-state index in [0.29, 0.717) is 4.99 Å².